The SMILES string of the molecule is CC(Oc1ccc(C(=O)c2ccccc2)cc1)C(=O)NCCc1ccc(F)cc1. The van der Waals surface area contributed by atoms with E-state index in [-0.39, 0.29) is 17.5 Å². The van der Waals surface area contributed by atoms with E-state index in [1.165, 1.54) is 12.1 Å². The lowest BCUT2D eigenvalue weighted by molar-refractivity contribution is -0.127. The number of benzene rings is 3. The van der Waals surface area contributed by atoms with Crippen LogP contribution in [-0.4, -0.2) is 24.3 Å². The number of rotatable bonds is 8. The highest BCUT2D eigenvalue weighted by molar-refractivity contribution is 6.08. The fraction of sp³-hybridized carbons (Fsp3) is 0.167. The van der Waals surface area contributed by atoms with Gasteiger partial charge in [0.15, 0.2) is 11.9 Å². The number of carbonyl (C=O) groups excluding carboxylic acids is 2. The van der Waals surface area contributed by atoms with Gasteiger partial charge >= 0.3 is 0 Å². The molecule has 0 aliphatic rings. The van der Waals surface area contributed by atoms with E-state index in [0.717, 1.165) is 5.56 Å². The Labute approximate surface area is 169 Å². The molecule has 0 spiro atoms. The van der Waals surface area contributed by atoms with E-state index in [1.54, 1.807) is 55.5 Å². The average Bonchev–Trinajstić information content (AvgIpc) is 2.75. The molecule has 0 fully saturated rings. The smallest absolute Gasteiger partial charge is 0.260 e. The van der Waals surface area contributed by atoms with Crippen molar-refractivity contribution in [2.45, 2.75) is 19.4 Å². The maximum atomic E-state index is 12.9. The zero-order valence-electron chi connectivity index (χ0n) is 16.1. The summed E-state index contributed by atoms with van der Waals surface area (Å²) in [5.74, 6) is -0.0765. The van der Waals surface area contributed by atoms with E-state index >= 15 is 0 Å². The highest BCUT2D eigenvalue weighted by atomic mass is 19.1. The molecule has 0 aromatic heterocycles. The minimum Gasteiger partial charge on any atom is -0.481 e. The molecule has 1 N–H and O–H groups in total. The molecule has 1 atom stereocenters. The summed E-state index contributed by atoms with van der Waals surface area (Å²) < 4.78 is 18.6. The van der Waals surface area contributed by atoms with E-state index in [4.69, 9.17) is 4.74 Å². The summed E-state index contributed by atoms with van der Waals surface area (Å²) >= 11 is 0. The predicted molar refractivity (Wildman–Crippen MR) is 110 cm³/mol. The second kappa shape index (κ2) is 9.64. The van der Waals surface area contributed by atoms with Crippen LogP contribution in [0.2, 0.25) is 0 Å². The highest BCUT2D eigenvalue weighted by Crippen LogP contribution is 2.17. The molecule has 148 valence electrons. The zero-order valence-corrected chi connectivity index (χ0v) is 16.1. The second-order valence-corrected chi connectivity index (χ2v) is 6.65. The van der Waals surface area contributed by atoms with Crippen LogP contribution in [0.3, 0.4) is 0 Å². The van der Waals surface area contributed by atoms with Crippen molar-refractivity contribution in [1.29, 1.82) is 0 Å². The molecule has 0 saturated carbocycles. The standard InChI is InChI=1S/C24H22FNO3/c1-17(24(28)26-16-15-18-7-11-21(25)12-8-18)29-22-13-9-20(10-14-22)23(27)19-5-3-2-4-6-19/h2-14,17H,15-16H2,1H3,(H,26,28). The van der Waals surface area contributed by atoms with Crippen LogP contribution >= 0.6 is 0 Å². The van der Waals surface area contributed by atoms with Gasteiger partial charge in [0, 0.05) is 17.7 Å². The summed E-state index contributed by atoms with van der Waals surface area (Å²) in [6.45, 7) is 2.10. The lowest BCUT2D eigenvalue weighted by atomic mass is 10.0. The third-order valence-corrected chi connectivity index (χ3v) is 4.46. The Morgan fingerprint density at radius 2 is 1.52 bits per heavy atom. The molecular formula is C24H22FNO3. The van der Waals surface area contributed by atoms with Crippen LogP contribution in [0.1, 0.15) is 28.4 Å². The first-order valence-electron chi connectivity index (χ1n) is 9.41. The van der Waals surface area contributed by atoms with E-state index in [9.17, 15) is 14.0 Å². The topological polar surface area (TPSA) is 55.4 Å². The molecule has 0 heterocycles. The third-order valence-electron chi connectivity index (χ3n) is 4.46. The van der Waals surface area contributed by atoms with Crippen LogP contribution in [0, 0.1) is 5.82 Å². The van der Waals surface area contributed by atoms with Gasteiger partial charge in [0.2, 0.25) is 0 Å². The van der Waals surface area contributed by atoms with Crippen LogP contribution in [0.25, 0.3) is 0 Å². The third kappa shape index (κ3) is 5.75. The fourth-order valence-electron chi connectivity index (χ4n) is 2.82. The van der Waals surface area contributed by atoms with Gasteiger partial charge in [0.1, 0.15) is 11.6 Å². The molecule has 1 unspecified atom stereocenters. The lowest BCUT2D eigenvalue weighted by Gasteiger charge is -2.15. The first-order valence-corrected chi connectivity index (χ1v) is 9.41. The van der Waals surface area contributed by atoms with Gasteiger partial charge in [-0.05, 0) is 55.3 Å². The summed E-state index contributed by atoms with van der Waals surface area (Å²) in [4.78, 5) is 24.6. The van der Waals surface area contributed by atoms with Crippen molar-refractivity contribution >= 4 is 11.7 Å². The Kier molecular flexibility index (Phi) is 6.74. The van der Waals surface area contributed by atoms with Crippen molar-refractivity contribution in [2.24, 2.45) is 0 Å². The Morgan fingerprint density at radius 1 is 0.897 bits per heavy atom. The molecule has 29 heavy (non-hydrogen) atoms. The maximum absolute atomic E-state index is 12.9. The van der Waals surface area contributed by atoms with Crippen LogP contribution in [0.4, 0.5) is 4.39 Å². The molecule has 5 heteroatoms. The Morgan fingerprint density at radius 3 is 2.17 bits per heavy atom. The number of amides is 1. The first-order chi connectivity index (χ1) is 14.0. The summed E-state index contributed by atoms with van der Waals surface area (Å²) in [7, 11) is 0. The summed E-state index contributed by atoms with van der Waals surface area (Å²) in [5.41, 5.74) is 2.12. The lowest BCUT2D eigenvalue weighted by Crippen LogP contribution is -2.37. The normalized spacial score (nSPS) is 11.5. The number of ether oxygens (including phenoxy) is 1. The zero-order chi connectivity index (χ0) is 20.6. The minimum atomic E-state index is -0.682. The van der Waals surface area contributed by atoms with Crippen LogP contribution in [-0.2, 0) is 11.2 Å². The van der Waals surface area contributed by atoms with Crippen LogP contribution in [0.15, 0.2) is 78.9 Å². The largest absolute Gasteiger partial charge is 0.481 e. The minimum absolute atomic E-state index is 0.0660. The molecule has 0 aliphatic carbocycles. The van der Waals surface area contributed by atoms with Crippen molar-refractivity contribution in [1.82, 2.24) is 5.32 Å². The Balaban J connectivity index is 1.49. The molecule has 0 bridgehead atoms. The maximum Gasteiger partial charge on any atom is 0.260 e. The fourth-order valence-corrected chi connectivity index (χ4v) is 2.82. The van der Waals surface area contributed by atoms with Crippen molar-refractivity contribution in [3.63, 3.8) is 0 Å². The summed E-state index contributed by atoms with van der Waals surface area (Å²) in [6.07, 6.45) is -0.0754. The molecular weight excluding hydrogens is 369 g/mol. The van der Waals surface area contributed by atoms with Crippen LogP contribution < -0.4 is 10.1 Å². The van der Waals surface area contributed by atoms with Gasteiger partial charge in [0.25, 0.3) is 5.91 Å². The summed E-state index contributed by atoms with van der Waals surface area (Å²) in [6, 6.07) is 22.0. The predicted octanol–water partition coefficient (Wildman–Crippen LogP) is 4.18. The molecule has 3 rings (SSSR count). The monoisotopic (exact) mass is 391 g/mol. The number of hydrogen-bond donors (Lipinski definition) is 1. The average molecular weight is 391 g/mol. The van der Waals surface area contributed by atoms with E-state index in [0.29, 0.717) is 29.8 Å². The number of nitrogens with one attached hydrogen (secondary N) is 1. The number of hydrogen-bond acceptors (Lipinski definition) is 3. The number of ketones is 1. The molecule has 0 aliphatic heterocycles. The van der Waals surface area contributed by atoms with Crippen molar-refractivity contribution in [3.8, 4) is 5.75 Å². The Hall–Kier alpha value is -3.47. The van der Waals surface area contributed by atoms with Gasteiger partial charge in [0.05, 0.1) is 0 Å². The van der Waals surface area contributed by atoms with Gasteiger partial charge in [-0.2, -0.15) is 0 Å². The summed E-state index contributed by atoms with van der Waals surface area (Å²) in [5, 5.41) is 2.81. The molecule has 3 aromatic carbocycles. The molecule has 4 nitrogen and oxygen atoms in total. The number of carbonyl (C=O) groups is 2. The van der Waals surface area contributed by atoms with Gasteiger partial charge in [-0.15, -0.1) is 0 Å². The van der Waals surface area contributed by atoms with Gasteiger partial charge in [-0.3, -0.25) is 9.59 Å². The quantitative estimate of drug-likeness (QED) is 0.586. The molecule has 1 amide bonds. The number of halogens is 1. The van der Waals surface area contributed by atoms with Gasteiger partial charge < -0.3 is 10.1 Å². The Bertz CT molecular complexity index is 954. The van der Waals surface area contributed by atoms with Crippen molar-refractivity contribution < 1.29 is 18.7 Å². The van der Waals surface area contributed by atoms with Gasteiger partial charge in [-0.1, -0.05) is 42.5 Å². The molecule has 3 aromatic rings. The van der Waals surface area contributed by atoms with Gasteiger partial charge in [-0.25, -0.2) is 4.39 Å². The van der Waals surface area contributed by atoms with E-state index < -0.39 is 6.10 Å². The molecule has 0 radical (unpaired) electrons. The molecule has 0 saturated heterocycles. The van der Waals surface area contributed by atoms with Crippen molar-refractivity contribution in [3.05, 3.63) is 101 Å². The second-order valence-electron chi connectivity index (χ2n) is 6.65. The first kappa shape index (κ1) is 20.3. The highest BCUT2D eigenvalue weighted by Gasteiger charge is 2.15. The van der Waals surface area contributed by atoms with E-state index in [1.807, 2.05) is 18.2 Å². The van der Waals surface area contributed by atoms with Crippen molar-refractivity contribution in [2.75, 3.05) is 6.54 Å². The van der Waals surface area contributed by atoms with E-state index in [2.05, 4.69) is 5.32 Å². The van der Waals surface area contributed by atoms with Crippen LogP contribution in [0.5, 0.6) is 5.75 Å².